The van der Waals surface area contributed by atoms with Gasteiger partial charge in [-0.1, -0.05) is 43.3 Å². The van der Waals surface area contributed by atoms with Gasteiger partial charge in [-0.05, 0) is 32.8 Å². The van der Waals surface area contributed by atoms with Crippen molar-refractivity contribution in [3.8, 4) is 0 Å². The number of amides is 1. The van der Waals surface area contributed by atoms with Crippen LogP contribution in [0.5, 0.6) is 0 Å². The maximum atomic E-state index is 12.5. The van der Waals surface area contributed by atoms with Crippen LogP contribution in [0.15, 0.2) is 69.7 Å². The molecule has 0 aliphatic rings. The fourth-order valence-corrected chi connectivity index (χ4v) is 2.93. The van der Waals surface area contributed by atoms with Gasteiger partial charge in [0.2, 0.25) is 0 Å². The Morgan fingerprint density at radius 3 is 2.27 bits per heavy atom. The number of carbonyl (C=O) groups excluding carboxylic acids is 2. The fraction of sp³-hybridized carbons (Fsp3) is 0.400. The van der Waals surface area contributed by atoms with Crippen LogP contribution in [-0.2, 0) is 20.9 Å². The van der Waals surface area contributed by atoms with Crippen molar-refractivity contribution < 1.29 is 19.4 Å². The van der Waals surface area contributed by atoms with Gasteiger partial charge < -0.3 is 25.4 Å². The number of amidine groups is 1. The highest BCUT2D eigenvalue weighted by molar-refractivity contribution is 6.06. The number of allylic oxidation sites excluding steroid dienone is 1. The summed E-state index contributed by atoms with van der Waals surface area (Å²) in [7, 11) is 4.81. The molecule has 1 amide bonds. The van der Waals surface area contributed by atoms with Gasteiger partial charge in [-0.25, -0.2) is 4.79 Å². The minimum atomic E-state index is -0.476. The van der Waals surface area contributed by atoms with E-state index >= 15 is 0 Å². The molecule has 0 saturated carbocycles. The van der Waals surface area contributed by atoms with E-state index in [0.29, 0.717) is 35.8 Å². The van der Waals surface area contributed by atoms with E-state index in [1.165, 1.54) is 4.90 Å². The van der Waals surface area contributed by atoms with Gasteiger partial charge in [0.25, 0.3) is 5.91 Å². The van der Waals surface area contributed by atoms with Crippen LogP contribution in [-0.4, -0.2) is 55.5 Å². The van der Waals surface area contributed by atoms with E-state index in [1.807, 2.05) is 37.3 Å². The van der Waals surface area contributed by atoms with Crippen LogP contribution in [0.4, 0.5) is 0 Å². The van der Waals surface area contributed by atoms with E-state index < -0.39 is 5.97 Å². The summed E-state index contributed by atoms with van der Waals surface area (Å²) in [5, 5.41) is 17.2. The summed E-state index contributed by atoms with van der Waals surface area (Å²) in [5.74, 6) is -0.650. The van der Waals surface area contributed by atoms with Crippen LogP contribution in [0, 0.1) is 0 Å². The van der Waals surface area contributed by atoms with Gasteiger partial charge in [0.1, 0.15) is 11.6 Å². The van der Waals surface area contributed by atoms with Gasteiger partial charge in [0, 0.05) is 27.7 Å². The first kappa shape index (κ1) is 27.5. The quantitative estimate of drug-likeness (QED) is 0.124. The van der Waals surface area contributed by atoms with Crippen LogP contribution in [0.2, 0.25) is 0 Å². The number of aliphatic hydroxyl groups excluding tert-OH is 1. The molecule has 0 saturated heterocycles. The molecule has 0 bridgehead atoms. The number of benzene rings is 1. The predicted octanol–water partition coefficient (Wildman–Crippen LogP) is 3.45. The molecular weight excluding hydrogens is 420 g/mol. The molecule has 1 aromatic rings. The standard InChI is InChI=1S/C25H36N4O4/c1-8-13-20(22(30)18(4)24(31)29(6)7)28-23(26-5)21(17(3)25(32)33-9-2)27-16-19-14-11-10-12-15-19/h10-15,27,30H,8-9,16H2,1-7H3,(H,26,28)/b20-13+,21-17-,22-18-. The normalized spacial score (nSPS) is 13.5. The number of aliphatic imine (C=N–C) groups is 1. The van der Waals surface area contributed by atoms with Crippen molar-refractivity contribution in [1.29, 1.82) is 0 Å². The molecule has 0 radical (unpaired) electrons. The summed E-state index contributed by atoms with van der Waals surface area (Å²) in [4.78, 5) is 30.6. The second-order valence-electron chi connectivity index (χ2n) is 7.46. The van der Waals surface area contributed by atoms with Crippen molar-refractivity contribution in [2.45, 2.75) is 40.7 Å². The second kappa shape index (κ2) is 13.8. The zero-order chi connectivity index (χ0) is 25.0. The average Bonchev–Trinajstić information content (AvgIpc) is 2.81. The van der Waals surface area contributed by atoms with Crippen molar-refractivity contribution >= 4 is 17.7 Å². The van der Waals surface area contributed by atoms with Crippen LogP contribution in [0.25, 0.3) is 0 Å². The lowest BCUT2D eigenvalue weighted by atomic mass is 10.1. The summed E-state index contributed by atoms with van der Waals surface area (Å²) >= 11 is 0. The Balaban J connectivity index is 3.40. The van der Waals surface area contributed by atoms with Gasteiger partial charge >= 0.3 is 5.97 Å². The minimum Gasteiger partial charge on any atom is -0.505 e. The van der Waals surface area contributed by atoms with Crippen LogP contribution < -0.4 is 10.6 Å². The first-order valence-corrected chi connectivity index (χ1v) is 10.9. The molecule has 0 fully saturated rings. The van der Waals surface area contributed by atoms with E-state index in [4.69, 9.17) is 4.74 Å². The monoisotopic (exact) mass is 456 g/mol. The Bertz CT molecular complexity index is 944. The highest BCUT2D eigenvalue weighted by Crippen LogP contribution is 2.15. The molecule has 3 N–H and O–H groups in total. The van der Waals surface area contributed by atoms with E-state index in [2.05, 4.69) is 15.6 Å². The molecule has 0 aliphatic heterocycles. The third-order valence-corrected chi connectivity index (χ3v) is 4.73. The first-order valence-electron chi connectivity index (χ1n) is 10.9. The Labute approximate surface area is 196 Å². The van der Waals surface area contributed by atoms with E-state index in [0.717, 1.165) is 5.56 Å². The molecule has 8 nitrogen and oxygen atoms in total. The van der Waals surface area contributed by atoms with Crippen molar-refractivity contribution in [1.82, 2.24) is 15.5 Å². The third-order valence-electron chi connectivity index (χ3n) is 4.73. The maximum absolute atomic E-state index is 12.5. The molecule has 0 aliphatic carbocycles. The molecule has 1 rings (SSSR count). The Morgan fingerprint density at radius 1 is 1.12 bits per heavy atom. The molecule has 0 aromatic heterocycles. The summed E-state index contributed by atoms with van der Waals surface area (Å²) in [6, 6.07) is 9.72. The van der Waals surface area contributed by atoms with Crippen molar-refractivity contribution in [3.63, 3.8) is 0 Å². The molecule has 0 spiro atoms. The van der Waals surface area contributed by atoms with Crippen molar-refractivity contribution in [3.05, 3.63) is 70.3 Å². The Kier molecular flexibility index (Phi) is 11.5. The molecule has 0 atom stereocenters. The van der Waals surface area contributed by atoms with E-state index in [1.54, 1.807) is 48.0 Å². The summed E-state index contributed by atoms with van der Waals surface area (Å²) < 4.78 is 5.18. The zero-order valence-corrected chi connectivity index (χ0v) is 20.7. The summed E-state index contributed by atoms with van der Waals surface area (Å²) in [5.41, 5.74) is 2.29. The molecular formula is C25H36N4O4. The molecule has 1 aromatic carbocycles. The van der Waals surface area contributed by atoms with Gasteiger partial charge in [0.15, 0.2) is 0 Å². The van der Waals surface area contributed by atoms with Crippen molar-refractivity contribution in [2.24, 2.45) is 4.99 Å². The molecule has 180 valence electrons. The zero-order valence-electron chi connectivity index (χ0n) is 20.7. The minimum absolute atomic E-state index is 0.187. The number of aliphatic hydroxyl groups is 1. The van der Waals surface area contributed by atoms with Gasteiger partial charge in [-0.3, -0.25) is 9.79 Å². The average molecular weight is 457 g/mol. The number of hydrogen-bond donors (Lipinski definition) is 3. The number of carbonyl (C=O) groups is 2. The summed E-state index contributed by atoms with van der Waals surface area (Å²) in [6.07, 6.45) is 2.35. The number of nitrogens with one attached hydrogen (secondary N) is 2. The highest BCUT2D eigenvalue weighted by atomic mass is 16.5. The largest absolute Gasteiger partial charge is 0.505 e. The molecule has 33 heavy (non-hydrogen) atoms. The predicted molar refractivity (Wildman–Crippen MR) is 132 cm³/mol. The van der Waals surface area contributed by atoms with Crippen LogP contribution >= 0.6 is 0 Å². The first-order chi connectivity index (χ1) is 15.7. The maximum Gasteiger partial charge on any atom is 0.335 e. The molecule has 0 heterocycles. The number of hydrogen-bond acceptors (Lipinski definition) is 6. The second-order valence-corrected chi connectivity index (χ2v) is 7.46. The number of esters is 1. The lowest BCUT2D eigenvalue weighted by Crippen LogP contribution is -2.35. The van der Waals surface area contributed by atoms with E-state index in [9.17, 15) is 14.7 Å². The fourth-order valence-electron chi connectivity index (χ4n) is 2.93. The Hall–Kier alpha value is -3.55. The number of ether oxygens (including phenoxy) is 1. The smallest absolute Gasteiger partial charge is 0.335 e. The van der Waals surface area contributed by atoms with Gasteiger partial charge in [-0.15, -0.1) is 0 Å². The topological polar surface area (TPSA) is 103 Å². The third kappa shape index (κ3) is 8.14. The number of likely N-dealkylation sites (N-methyl/N-ethyl adjacent to an activating group) is 1. The van der Waals surface area contributed by atoms with Crippen LogP contribution in [0.1, 0.15) is 39.7 Å². The molecule has 0 unspecified atom stereocenters. The lowest BCUT2D eigenvalue weighted by Gasteiger charge is -2.20. The lowest BCUT2D eigenvalue weighted by molar-refractivity contribution is -0.138. The number of rotatable bonds is 10. The van der Waals surface area contributed by atoms with E-state index in [-0.39, 0.29) is 23.8 Å². The van der Waals surface area contributed by atoms with Crippen LogP contribution in [0.3, 0.4) is 0 Å². The van der Waals surface area contributed by atoms with Crippen molar-refractivity contribution in [2.75, 3.05) is 27.7 Å². The Morgan fingerprint density at radius 2 is 1.76 bits per heavy atom. The summed E-state index contributed by atoms with van der Waals surface area (Å²) in [6.45, 7) is 7.54. The number of nitrogens with zero attached hydrogens (tertiary/aromatic N) is 2. The highest BCUT2D eigenvalue weighted by Gasteiger charge is 2.21. The molecule has 8 heteroatoms. The SMILES string of the molecule is CC/C=C(NC(=NC)/C(NCc1ccccc1)=C(\C)C(=O)OCC)\C(O)=C(/C)C(=O)N(C)C. The van der Waals surface area contributed by atoms with Gasteiger partial charge in [0.05, 0.1) is 29.1 Å². The van der Waals surface area contributed by atoms with Gasteiger partial charge in [-0.2, -0.15) is 0 Å².